The molecule has 1 heterocycles. The minimum atomic E-state index is -5.08. The first kappa shape index (κ1) is 29.4. The first-order chi connectivity index (χ1) is 15.9. The van der Waals surface area contributed by atoms with E-state index in [1.807, 2.05) is 49.9 Å². The molecule has 1 fully saturated rings. The number of aliphatic carboxylic acids is 1. The third-order valence-corrected chi connectivity index (χ3v) is 4.92. The molecule has 2 amide bonds. The van der Waals surface area contributed by atoms with Crippen molar-refractivity contribution in [1.82, 2.24) is 15.1 Å². The number of halogens is 3. The molecule has 1 aliphatic heterocycles. The molecule has 192 valence electrons. The van der Waals surface area contributed by atoms with E-state index in [1.54, 1.807) is 4.90 Å². The minimum Gasteiger partial charge on any atom is -0.475 e. The number of hydrogen-bond acceptors (Lipinski definition) is 5. The van der Waals surface area contributed by atoms with Gasteiger partial charge in [-0.25, -0.2) is 4.79 Å². The first-order valence-corrected chi connectivity index (χ1v) is 11.2. The normalized spacial score (nSPS) is 13.8. The van der Waals surface area contributed by atoms with Crippen molar-refractivity contribution >= 4 is 17.8 Å². The van der Waals surface area contributed by atoms with Crippen molar-refractivity contribution in [2.75, 3.05) is 45.9 Å². The van der Waals surface area contributed by atoms with E-state index < -0.39 is 12.1 Å². The Morgan fingerprint density at radius 3 is 2.18 bits per heavy atom. The van der Waals surface area contributed by atoms with Gasteiger partial charge >= 0.3 is 12.1 Å². The van der Waals surface area contributed by atoms with E-state index >= 15 is 0 Å². The highest BCUT2D eigenvalue weighted by Crippen LogP contribution is 2.13. The summed E-state index contributed by atoms with van der Waals surface area (Å²) >= 11 is 0. The summed E-state index contributed by atoms with van der Waals surface area (Å²) in [6, 6.07) is 7.60. The SMILES string of the molecule is Cc1ccc(C(=O)N(CCCOC(C)C)CCC(=O)N2CCNCC2)cc1.O=C(O)C(F)(F)F. The molecule has 2 N–H and O–H groups in total. The van der Waals surface area contributed by atoms with Crippen molar-refractivity contribution < 1.29 is 37.4 Å². The summed E-state index contributed by atoms with van der Waals surface area (Å²) in [5, 5.41) is 10.4. The van der Waals surface area contributed by atoms with Crippen LogP contribution in [-0.2, 0) is 14.3 Å². The van der Waals surface area contributed by atoms with Crippen LogP contribution in [0.1, 0.15) is 42.6 Å². The number of benzene rings is 1. The molecule has 0 bridgehead atoms. The molecule has 0 aliphatic carbocycles. The summed E-state index contributed by atoms with van der Waals surface area (Å²) in [7, 11) is 0. The lowest BCUT2D eigenvalue weighted by Gasteiger charge is -2.29. The van der Waals surface area contributed by atoms with Gasteiger partial charge in [-0.15, -0.1) is 0 Å². The van der Waals surface area contributed by atoms with Gasteiger partial charge in [-0.3, -0.25) is 9.59 Å². The number of carbonyl (C=O) groups is 3. The molecule has 1 saturated heterocycles. The van der Waals surface area contributed by atoms with Crippen LogP contribution in [0.4, 0.5) is 13.2 Å². The second kappa shape index (κ2) is 14.6. The number of piperazine rings is 1. The summed E-state index contributed by atoms with van der Waals surface area (Å²) in [5.41, 5.74) is 1.79. The Kier molecular flexibility index (Phi) is 12.6. The van der Waals surface area contributed by atoms with Gasteiger partial charge < -0.3 is 25.0 Å². The standard InChI is InChI=1S/C21H33N3O3.C2HF3O2/c1-17(2)27-16-4-12-24(21(26)19-7-5-18(3)6-8-19)13-9-20(25)23-14-10-22-11-15-23;3-2(4,5)1(6)7/h5-8,17,22H,4,9-16H2,1-3H3;(H,6,7). The fourth-order valence-corrected chi connectivity index (χ4v) is 3.07. The molecule has 0 radical (unpaired) electrons. The van der Waals surface area contributed by atoms with E-state index in [9.17, 15) is 22.8 Å². The zero-order chi connectivity index (χ0) is 25.7. The van der Waals surface area contributed by atoms with Crippen LogP contribution in [0.2, 0.25) is 0 Å². The van der Waals surface area contributed by atoms with Gasteiger partial charge in [-0.05, 0) is 39.3 Å². The van der Waals surface area contributed by atoms with Crippen LogP contribution in [0.25, 0.3) is 0 Å². The molecule has 1 aliphatic rings. The van der Waals surface area contributed by atoms with E-state index in [4.69, 9.17) is 14.6 Å². The molecule has 8 nitrogen and oxygen atoms in total. The Balaban J connectivity index is 0.000000718. The quantitative estimate of drug-likeness (QED) is 0.518. The topological polar surface area (TPSA) is 99.2 Å². The van der Waals surface area contributed by atoms with Gasteiger partial charge in [0.15, 0.2) is 0 Å². The number of aryl methyl sites for hydroxylation is 1. The number of nitrogens with zero attached hydrogens (tertiary/aromatic N) is 2. The van der Waals surface area contributed by atoms with Crippen molar-refractivity contribution in [3.8, 4) is 0 Å². The average Bonchev–Trinajstić information content (AvgIpc) is 2.78. The molecular formula is C23H34F3N3O5. The van der Waals surface area contributed by atoms with Gasteiger partial charge in [0.1, 0.15) is 0 Å². The molecule has 0 aromatic heterocycles. The number of alkyl halides is 3. The highest BCUT2D eigenvalue weighted by Gasteiger charge is 2.38. The molecule has 1 aromatic rings. The maximum Gasteiger partial charge on any atom is 0.490 e. The number of hydrogen-bond donors (Lipinski definition) is 2. The van der Waals surface area contributed by atoms with Crippen LogP contribution in [0.5, 0.6) is 0 Å². The number of ether oxygens (including phenoxy) is 1. The Labute approximate surface area is 198 Å². The smallest absolute Gasteiger partial charge is 0.475 e. The van der Waals surface area contributed by atoms with E-state index in [2.05, 4.69) is 5.32 Å². The van der Waals surface area contributed by atoms with Crippen LogP contribution in [-0.4, -0.2) is 90.8 Å². The predicted octanol–water partition coefficient (Wildman–Crippen LogP) is 2.71. The van der Waals surface area contributed by atoms with Gasteiger partial charge in [0, 0.05) is 57.9 Å². The lowest BCUT2D eigenvalue weighted by Crippen LogP contribution is -2.47. The fourth-order valence-electron chi connectivity index (χ4n) is 3.07. The Bertz CT molecular complexity index is 779. The molecule has 0 atom stereocenters. The summed E-state index contributed by atoms with van der Waals surface area (Å²) in [6.07, 6.45) is -3.78. The predicted molar refractivity (Wildman–Crippen MR) is 121 cm³/mol. The number of nitrogens with one attached hydrogen (secondary N) is 1. The summed E-state index contributed by atoms with van der Waals surface area (Å²) in [5.74, 6) is -2.66. The molecule has 0 spiro atoms. The van der Waals surface area contributed by atoms with Crippen LogP contribution >= 0.6 is 0 Å². The number of carbonyl (C=O) groups excluding carboxylic acids is 2. The van der Waals surface area contributed by atoms with Gasteiger partial charge in [-0.2, -0.15) is 13.2 Å². The molecular weight excluding hydrogens is 455 g/mol. The largest absolute Gasteiger partial charge is 0.490 e. The lowest BCUT2D eigenvalue weighted by molar-refractivity contribution is -0.192. The number of carboxylic acids is 1. The maximum atomic E-state index is 12.9. The van der Waals surface area contributed by atoms with E-state index in [0.717, 1.165) is 38.2 Å². The summed E-state index contributed by atoms with van der Waals surface area (Å²) < 4.78 is 37.3. The third kappa shape index (κ3) is 11.5. The van der Waals surface area contributed by atoms with Crippen molar-refractivity contribution in [3.05, 3.63) is 35.4 Å². The Morgan fingerprint density at radius 2 is 1.68 bits per heavy atom. The van der Waals surface area contributed by atoms with Gasteiger partial charge in [0.25, 0.3) is 5.91 Å². The van der Waals surface area contributed by atoms with Crippen LogP contribution < -0.4 is 5.32 Å². The van der Waals surface area contributed by atoms with Crippen molar-refractivity contribution in [3.63, 3.8) is 0 Å². The van der Waals surface area contributed by atoms with E-state index in [-0.39, 0.29) is 17.9 Å². The zero-order valence-electron chi connectivity index (χ0n) is 19.9. The van der Waals surface area contributed by atoms with Crippen molar-refractivity contribution in [2.45, 2.75) is 45.9 Å². The Morgan fingerprint density at radius 1 is 1.12 bits per heavy atom. The first-order valence-electron chi connectivity index (χ1n) is 11.2. The highest BCUT2D eigenvalue weighted by atomic mass is 19.4. The third-order valence-electron chi connectivity index (χ3n) is 4.92. The molecule has 11 heteroatoms. The molecule has 2 rings (SSSR count). The molecule has 1 aromatic carbocycles. The van der Waals surface area contributed by atoms with E-state index in [1.165, 1.54) is 0 Å². The monoisotopic (exact) mass is 489 g/mol. The number of rotatable bonds is 9. The average molecular weight is 490 g/mol. The lowest BCUT2D eigenvalue weighted by atomic mass is 10.1. The fraction of sp³-hybridized carbons (Fsp3) is 0.609. The van der Waals surface area contributed by atoms with Gasteiger partial charge in [-0.1, -0.05) is 17.7 Å². The van der Waals surface area contributed by atoms with Crippen LogP contribution in [0.3, 0.4) is 0 Å². The highest BCUT2D eigenvalue weighted by molar-refractivity contribution is 5.94. The summed E-state index contributed by atoms with van der Waals surface area (Å²) in [4.78, 5) is 37.9. The van der Waals surface area contributed by atoms with Crippen molar-refractivity contribution in [1.29, 1.82) is 0 Å². The molecule has 0 saturated carbocycles. The minimum absolute atomic E-state index is 0.0207. The second-order valence-corrected chi connectivity index (χ2v) is 8.12. The summed E-state index contributed by atoms with van der Waals surface area (Å²) in [6.45, 7) is 10.8. The Hall–Kier alpha value is -2.66. The zero-order valence-corrected chi connectivity index (χ0v) is 19.9. The number of carboxylic acid groups (broad SMARTS) is 1. The van der Waals surface area contributed by atoms with Gasteiger partial charge in [0.2, 0.25) is 5.91 Å². The van der Waals surface area contributed by atoms with Crippen LogP contribution in [0, 0.1) is 6.92 Å². The van der Waals surface area contributed by atoms with Gasteiger partial charge in [0.05, 0.1) is 6.10 Å². The number of amides is 2. The van der Waals surface area contributed by atoms with Crippen molar-refractivity contribution in [2.24, 2.45) is 0 Å². The maximum absolute atomic E-state index is 12.9. The van der Waals surface area contributed by atoms with E-state index in [0.29, 0.717) is 31.7 Å². The van der Waals surface area contributed by atoms with Crippen LogP contribution in [0.15, 0.2) is 24.3 Å². The second-order valence-electron chi connectivity index (χ2n) is 8.12. The molecule has 0 unspecified atom stereocenters. The molecule has 34 heavy (non-hydrogen) atoms.